The number of anilines is 2. The first-order valence-electron chi connectivity index (χ1n) is 8.89. The van der Waals surface area contributed by atoms with E-state index in [1.54, 1.807) is 14.0 Å². The van der Waals surface area contributed by atoms with E-state index < -0.39 is 34.6 Å². The molecular formula is C18H15ClF3N7O2S. The maximum Gasteiger partial charge on any atom is 0.418 e. The molecule has 0 fully saturated rings. The fourth-order valence-corrected chi connectivity index (χ4v) is 3.47. The summed E-state index contributed by atoms with van der Waals surface area (Å²) in [5, 5.41) is 7.61. The van der Waals surface area contributed by atoms with Crippen molar-refractivity contribution >= 4 is 46.4 Å². The number of nitrogens with zero attached hydrogens (tertiary/aromatic N) is 4. The van der Waals surface area contributed by atoms with Gasteiger partial charge in [0.15, 0.2) is 0 Å². The Labute approximate surface area is 188 Å². The molecular weight excluding hydrogens is 471 g/mol. The highest BCUT2D eigenvalue weighted by atomic mass is 35.5. The van der Waals surface area contributed by atoms with E-state index >= 15 is 0 Å². The van der Waals surface area contributed by atoms with Crippen molar-refractivity contribution in [1.29, 1.82) is 0 Å². The maximum absolute atomic E-state index is 13.0. The van der Waals surface area contributed by atoms with Crippen LogP contribution in [0.3, 0.4) is 0 Å². The van der Waals surface area contributed by atoms with Gasteiger partial charge in [-0.15, -0.1) is 11.3 Å². The van der Waals surface area contributed by atoms with Gasteiger partial charge in [-0.3, -0.25) is 9.59 Å². The van der Waals surface area contributed by atoms with E-state index in [4.69, 9.17) is 11.6 Å². The van der Waals surface area contributed by atoms with E-state index in [1.807, 2.05) is 0 Å². The van der Waals surface area contributed by atoms with Gasteiger partial charge in [0.25, 0.3) is 11.8 Å². The van der Waals surface area contributed by atoms with Crippen molar-refractivity contribution in [1.82, 2.24) is 25.3 Å². The van der Waals surface area contributed by atoms with Crippen LogP contribution in [0.2, 0.25) is 5.02 Å². The third kappa shape index (κ3) is 5.48. The summed E-state index contributed by atoms with van der Waals surface area (Å²) in [6.45, 7) is 1.66. The second kappa shape index (κ2) is 9.44. The van der Waals surface area contributed by atoms with Crippen LogP contribution in [-0.4, -0.2) is 38.8 Å². The minimum atomic E-state index is -4.69. The van der Waals surface area contributed by atoms with Crippen molar-refractivity contribution in [3.63, 3.8) is 0 Å². The number of carbonyl (C=O) groups is 2. The lowest BCUT2D eigenvalue weighted by molar-refractivity contribution is -0.137. The molecule has 3 heterocycles. The number of amides is 2. The smallest absolute Gasteiger partial charge is 0.373 e. The van der Waals surface area contributed by atoms with Crippen LogP contribution in [0.25, 0.3) is 0 Å². The topological polar surface area (TPSA) is 122 Å². The average Bonchev–Trinajstić information content (AvgIpc) is 3.25. The van der Waals surface area contributed by atoms with Crippen LogP contribution in [0.1, 0.15) is 43.7 Å². The Morgan fingerprint density at radius 3 is 2.50 bits per heavy atom. The minimum absolute atomic E-state index is 0.117. The molecule has 3 aromatic rings. The van der Waals surface area contributed by atoms with Gasteiger partial charge in [0.05, 0.1) is 22.8 Å². The van der Waals surface area contributed by atoms with Gasteiger partial charge in [-0.25, -0.2) is 19.9 Å². The normalized spacial score (nSPS) is 12.2. The van der Waals surface area contributed by atoms with E-state index in [0.717, 1.165) is 17.5 Å². The van der Waals surface area contributed by atoms with Gasteiger partial charge in [0, 0.05) is 19.3 Å². The van der Waals surface area contributed by atoms with E-state index in [9.17, 15) is 22.8 Å². The first kappa shape index (κ1) is 23.3. The number of halogens is 4. The molecule has 0 unspecified atom stereocenters. The number of hydrogen-bond donors (Lipinski definition) is 3. The molecule has 3 aromatic heterocycles. The number of rotatable bonds is 6. The molecule has 168 valence electrons. The molecule has 14 heteroatoms. The first-order chi connectivity index (χ1) is 15.1. The molecule has 3 N–H and O–H groups in total. The van der Waals surface area contributed by atoms with E-state index in [0.29, 0.717) is 16.9 Å². The van der Waals surface area contributed by atoms with Gasteiger partial charge in [0.2, 0.25) is 0 Å². The summed E-state index contributed by atoms with van der Waals surface area (Å²) in [4.78, 5) is 40.5. The summed E-state index contributed by atoms with van der Waals surface area (Å²) in [7, 11) is 1.65. The van der Waals surface area contributed by atoms with Crippen LogP contribution in [-0.2, 0) is 6.18 Å². The van der Waals surface area contributed by atoms with Gasteiger partial charge in [-0.2, -0.15) is 13.2 Å². The predicted octanol–water partition coefficient (Wildman–Crippen LogP) is 3.79. The maximum atomic E-state index is 13.0. The highest BCUT2D eigenvalue weighted by Gasteiger charge is 2.34. The quantitative estimate of drug-likeness (QED) is 0.485. The lowest BCUT2D eigenvalue weighted by Gasteiger charge is -2.11. The zero-order valence-electron chi connectivity index (χ0n) is 16.5. The average molecular weight is 486 g/mol. The van der Waals surface area contributed by atoms with Gasteiger partial charge in [-0.1, -0.05) is 11.6 Å². The van der Waals surface area contributed by atoms with Gasteiger partial charge in [0.1, 0.15) is 33.5 Å². The second-order valence-electron chi connectivity index (χ2n) is 6.30. The number of carbonyl (C=O) groups excluding carboxylic acids is 2. The van der Waals surface area contributed by atoms with Crippen molar-refractivity contribution in [2.24, 2.45) is 0 Å². The number of alkyl halides is 3. The molecule has 0 radical (unpaired) electrons. The molecule has 0 aliphatic heterocycles. The third-order valence-electron chi connectivity index (χ3n) is 4.02. The van der Waals surface area contributed by atoms with Crippen LogP contribution in [0.5, 0.6) is 0 Å². The molecule has 0 saturated carbocycles. The van der Waals surface area contributed by atoms with E-state index in [1.165, 1.54) is 18.6 Å². The van der Waals surface area contributed by atoms with Crippen LogP contribution in [0, 0.1) is 0 Å². The van der Waals surface area contributed by atoms with Crippen molar-refractivity contribution < 1.29 is 22.8 Å². The molecule has 3 rings (SSSR count). The molecule has 9 nitrogen and oxygen atoms in total. The number of thiazole rings is 1. The zero-order chi connectivity index (χ0) is 23.5. The Hall–Kier alpha value is -3.32. The highest BCUT2D eigenvalue weighted by Crippen LogP contribution is 2.35. The minimum Gasteiger partial charge on any atom is -0.373 e. The van der Waals surface area contributed by atoms with Crippen molar-refractivity contribution in [3.05, 3.63) is 57.0 Å². The summed E-state index contributed by atoms with van der Waals surface area (Å²) < 4.78 is 38.9. The third-order valence-corrected chi connectivity index (χ3v) is 5.50. The van der Waals surface area contributed by atoms with Crippen LogP contribution in [0.15, 0.2) is 30.9 Å². The summed E-state index contributed by atoms with van der Waals surface area (Å²) in [6, 6.07) is 1.55. The molecule has 1 atom stereocenters. The molecule has 0 aliphatic carbocycles. The second-order valence-corrected chi connectivity index (χ2v) is 7.77. The van der Waals surface area contributed by atoms with Crippen molar-refractivity contribution in [3.8, 4) is 0 Å². The molecule has 0 aliphatic rings. The SMILES string of the molecule is CNc1cc(C(=O)N[C@H](C)c2ncc(C(=O)Nc3cc(C(F)(F)F)c(Cl)cn3)s2)ncn1. The van der Waals surface area contributed by atoms with Gasteiger partial charge in [-0.05, 0) is 13.0 Å². The lowest BCUT2D eigenvalue weighted by Crippen LogP contribution is -2.27. The van der Waals surface area contributed by atoms with E-state index in [-0.39, 0.29) is 16.4 Å². The summed E-state index contributed by atoms with van der Waals surface area (Å²) in [6.07, 6.45) is -1.39. The summed E-state index contributed by atoms with van der Waals surface area (Å²) in [5.74, 6) is -1.02. The highest BCUT2D eigenvalue weighted by molar-refractivity contribution is 7.13. The van der Waals surface area contributed by atoms with Crippen LogP contribution < -0.4 is 16.0 Å². The first-order valence-corrected chi connectivity index (χ1v) is 10.1. The Morgan fingerprint density at radius 2 is 1.81 bits per heavy atom. The Kier molecular flexibility index (Phi) is 6.89. The molecule has 2 amide bonds. The van der Waals surface area contributed by atoms with Gasteiger partial charge < -0.3 is 16.0 Å². The van der Waals surface area contributed by atoms with E-state index in [2.05, 4.69) is 35.9 Å². The van der Waals surface area contributed by atoms with Gasteiger partial charge >= 0.3 is 6.18 Å². The zero-order valence-corrected chi connectivity index (χ0v) is 18.1. The molecule has 0 saturated heterocycles. The van der Waals surface area contributed by atoms with Crippen LogP contribution in [0.4, 0.5) is 24.8 Å². The van der Waals surface area contributed by atoms with Crippen LogP contribution >= 0.6 is 22.9 Å². The fraction of sp³-hybridized carbons (Fsp3) is 0.222. The Balaban J connectivity index is 1.68. The standard InChI is InChI=1S/C18H15ClF3N7O2S/c1-8(28-15(30)11-4-13(23-2)27-7-26-11)17-25-6-12(32-17)16(31)29-14-3-9(18(20,21)22)10(19)5-24-14/h3-8H,1-2H3,(H,28,30)(H,23,26,27)(H,24,29,31)/t8-/m1/s1. The van der Waals surface area contributed by atoms with Crippen molar-refractivity contribution in [2.75, 3.05) is 17.7 Å². The Morgan fingerprint density at radius 1 is 1.06 bits per heavy atom. The summed E-state index contributed by atoms with van der Waals surface area (Å²) >= 11 is 6.49. The molecule has 0 aromatic carbocycles. The summed E-state index contributed by atoms with van der Waals surface area (Å²) in [5.41, 5.74) is -0.975. The fourth-order valence-electron chi connectivity index (χ4n) is 2.45. The van der Waals surface area contributed by atoms with Crippen molar-refractivity contribution in [2.45, 2.75) is 19.1 Å². The number of pyridine rings is 1. The predicted molar refractivity (Wildman–Crippen MR) is 112 cm³/mol. The molecule has 0 spiro atoms. The number of aromatic nitrogens is 4. The monoisotopic (exact) mass is 485 g/mol. The molecule has 32 heavy (non-hydrogen) atoms. The number of hydrogen-bond acceptors (Lipinski definition) is 8. The molecule has 0 bridgehead atoms. The number of nitrogens with one attached hydrogen (secondary N) is 3. The lowest BCUT2D eigenvalue weighted by atomic mass is 10.2. The Bertz CT molecular complexity index is 1160. The largest absolute Gasteiger partial charge is 0.418 e.